The molecule has 3 aromatic heterocycles. The number of aryl methyl sites for hydroxylation is 2. The van der Waals surface area contributed by atoms with Gasteiger partial charge in [-0.15, -0.1) is 11.3 Å². The number of nitrogens with one attached hydrogen (secondary N) is 1. The highest BCUT2D eigenvalue weighted by atomic mass is 32.2. The molecular formula is C15H16N4O2S2. The summed E-state index contributed by atoms with van der Waals surface area (Å²) in [6, 6.07) is 1.96. The SMILES string of the molecule is Cc1cc(C)c2c(n1)sc1c(NC3CCS(=O)(=O)C3)ncnc12. The Bertz CT molecular complexity index is 1030. The topological polar surface area (TPSA) is 84.8 Å². The van der Waals surface area contributed by atoms with Gasteiger partial charge in [-0.2, -0.15) is 0 Å². The molecule has 23 heavy (non-hydrogen) atoms. The minimum Gasteiger partial charge on any atom is -0.365 e. The molecule has 1 saturated heterocycles. The summed E-state index contributed by atoms with van der Waals surface area (Å²) in [5.41, 5.74) is 3.01. The van der Waals surface area contributed by atoms with Crippen LogP contribution in [0.1, 0.15) is 17.7 Å². The molecule has 0 aromatic carbocycles. The normalized spacial score (nSPS) is 20.3. The van der Waals surface area contributed by atoms with Gasteiger partial charge < -0.3 is 5.32 Å². The van der Waals surface area contributed by atoms with Gasteiger partial charge in [0, 0.05) is 17.1 Å². The Morgan fingerprint density at radius 1 is 1.30 bits per heavy atom. The maximum absolute atomic E-state index is 11.6. The van der Waals surface area contributed by atoms with E-state index in [2.05, 4.69) is 27.2 Å². The summed E-state index contributed by atoms with van der Waals surface area (Å²) in [6.45, 7) is 4.03. The molecule has 3 aromatic rings. The van der Waals surface area contributed by atoms with Crippen LogP contribution in [0.5, 0.6) is 0 Å². The van der Waals surface area contributed by atoms with Crippen LogP contribution in [-0.2, 0) is 9.84 Å². The lowest BCUT2D eigenvalue weighted by Crippen LogP contribution is -2.21. The quantitative estimate of drug-likeness (QED) is 0.766. The minimum absolute atomic E-state index is 0.0842. The third kappa shape index (κ3) is 2.55. The summed E-state index contributed by atoms with van der Waals surface area (Å²) in [5, 5.41) is 4.34. The summed E-state index contributed by atoms with van der Waals surface area (Å²) in [4.78, 5) is 14.3. The van der Waals surface area contributed by atoms with Crippen LogP contribution in [-0.4, -0.2) is 40.9 Å². The number of thiophene rings is 1. The Balaban J connectivity index is 1.83. The molecule has 1 aliphatic heterocycles. The molecule has 120 valence electrons. The van der Waals surface area contributed by atoms with Gasteiger partial charge >= 0.3 is 0 Å². The lowest BCUT2D eigenvalue weighted by molar-refractivity contribution is 0.602. The number of aromatic nitrogens is 3. The zero-order valence-electron chi connectivity index (χ0n) is 12.8. The first-order chi connectivity index (χ1) is 10.9. The molecule has 0 saturated carbocycles. The summed E-state index contributed by atoms with van der Waals surface area (Å²) >= 11 is 1.55. The second-order valence-corrected chi connectivity index (χ2v) is 9.23. The van der Waals surface area contributed by atoms with Crippen molar-refractivity contribution in [1.82, 2.24) is 15.0 Å². The Morgan fingerprint density at radius 3 is 2.87 bits per heavy atom. The van der Waals surface area contributed by atoms with Crippen molar-refractivity contribution in [2.75, 3.05) is 16.8 Å². The molecule has 4 rings (SSSR count). The van der Waals surface area contributed by atoms with E-state index in [9.17, 15) is 8.42 Å². The largest absolute Gasteiger partial charge is 0.365 e. The van der Waals surface area contributed by atoms with Crippen LogP contribution in [0.25, 0.3) is 20.4 Å². The van der Waals surface area contributed by atoms with Gasteiger partial charge in [-0.25, -0.2) is 23.4 Å². The molecule has 0 amide bonds. The van der Waals surface area contributed by atoms with Crippen molar-refractivity contribution in [3.05, 3.63) is 23.7 Å². The van der Waals surface area contributed by atoms with E-state index in [1.807, 2.05) is 13.0 Å². The first kappa shape index (κ1) is 14.8. The van der Waals surface area contributed by atoms with E-state index in [0.29, 0.717) is 12.2 Å². The number of sulfone groups is 1. The zero-order valence-corrected chi connectivity index (χ0v) is 14.5. The fourth-order valence-electron chi connectivity index (χ4n) is 3.11. The average Bonchev–Trinajstić information content (AvgIpc) is 2.99. The number of fused-ring (bicyclic) bond motifs is 3. The van der Waals surface area contributed by atoms with Crippen LogP contribution < -0.4 is 5.32 Å². The van der Waals surface area contributed by atoms with Crippen molar-refractivity contribution in [2.24, 2.45) is 0 Å². The standard InChI is InChI=1S/C15H16N4O2S2/c1-8-5-9(2)18-15-11(8)12-13(22-15)14(17-7-16-12)19-10-3-4-23(20,21)6-10/h5,7,10H,3-4,6H2,1-2H3,(H,16,17,19). The molecule has 6 nitrogen and oxygen atoms in total. The van der Waals surface area contributed by atoms with Gasteiger partial charge in [0.15, 0.2) is 9.84 Å². The van der Waals surface area contributed by atoms with Gasteiger partial charge in [0.05, 0.1) is 21.7 Å². The minimum atomic E-state index is -2.92. The Labute approximate surface area is 137 Å². The van der Waals surface area contributed by atoms with Gasteiger partial charge in [0.2, 0.25) is 0 Å². The van der Waals surface area contributed by atoms with Crippen LogP contribution in [0, 0.1) is 13.8 Å². The van der Waals surface area contributed by atoms with E-state index in [-0.39, 0.29) is 17.5 Å². The molecular weight excluding hydrogens is 332 g/mol. The number of anilines is 1. The average molecular weight is 348 g/mol. The number of pyridine rings is 1. The zero-order chi connectivity index (χ0) is 16.2. The van der Waals surface area contributed by atoms with E-state index in [1.54, 1.807) is 11.3 Å². The summed E-state index contributed by atoms with van der Waals surface area (Å²) in [7, 11) is -2.92. The van der Waals surface area contributed by atoms with Crippen LogP contribution in [0.2, 0.25) is 0 Å². The molecule has 0 bridgehead atoms. The Kier molecular flexibility index (Phi) is 3.28. The van der Waals surface area contributed by atoms with Crippen molar-refractivity contribution in [3.8, 4) is 0 Å². The van der Waals surface area contributed by atoms with Crippen molar-refractivity contribution >= 4 is 47.4 Å². The molecule has 0 radical (unpaired) electrons. The smallest absolute Gasteiger partial charge is 0.152 e. The number of hydrogen-bond acceptors (Lipinski definition) is 7. The molecule has 1 fully saturated rings. The van der Waals surface area contributed by atoms with Crippen LogP contribution in [0.15, 0.2) is 12.4 Å². The fraction of sp³-hybridized carbons (Fsp3) is 0.400. The monoisotopic (exact) mass is 348 g/mol. The summed E-state index contributed by atoms with van der Waals surface area (Å²) in [5.74, 6) is 1.11. The number of hydrogen-bond donors (Lipinski definition) is 1. The molecule has 1 unspecified atom stereocenters. The van der Waals surface area contributed by atoms with Crippen molar-refractivity contribution in [3.63, 3.8) is 0 Å². The molecule has 1 N–H and O–H groups in total. The van der Waals surface area contributed by atoms with Crippen LogP contribution in [0.3, 0.4) is 0 Å². The first-order valence-electron chi connectivity index (χ1n) is 7.41. The Morgan fingerprint density at radius 2 is 2.13 bits per heavy atom. The number of nitrogens with zero attached hydrogens (tertiary/aromatic N) is 3. The van der Waals surface area contributed by atoms with E-state index < -0.39 is 9.84 Å². The Hall–Kier alpha value is -1.80. The summed E-state index contributed by atoms with van der Waals surface area (Å²) in [6.07, 6.45) is 2.15. The second-order valence-electron chi connectivity index (χ2n) is 6.01. The van der Waals surface area contributed by atoms with Gasteiger partial charge in [-0.1, -0.05) is 0 Å². The maximum Gasteiger partial charge on any atom is 0.152 e. The van der Waals surface area contributed by atoms with Gasteiger partial charge in [-0.3, -0.25) is 0 Å². The van der Waals surface area contributed by atoms with E-state index in [4.69, 9.17) is 0 Å². The first-order valence-corrected chi connectivity index (χ1v) is 10.1. The molecule has 1 aliphatic rings. The fourth-order valence-corrected chi connectivity index (χ4v) is 5.99. The predicted molar refractivity (Wildman–Crippen MR) is 92.9 cm³/mol. The molecule has 0 aliphatic carbocycles. The third-order valence-corrected chi connectivity index (χ3v) is 6.97. The maximum atomic E-state index is 11.6. The van der Waals surface area contributed by atoms with Crippen molar-refractivity contribution < 1.29 is 8.42 Å². The van der Waals surface area contributed by atoms with Crippen LogP contribution in [0.4, 0.5) is 5.82 Å². The van der Waals surface area contributed by atoms with Crippen molar-refractivity contribution in [1.29, 1.82) is 0 Å². The molecule has 1 atom stereocenters. The van der Waals surface area contributed by atoms with Crippen LogP contribution >= 0.6 is 11.3 Å². The lowest BCUT2D eigenvalue weighted by atomic mass is 10.1. The van der Waals surface area contributed by atoms with E-state index in [1.165, 1.54) is 6.33 Å². The van der Waals surface area contributed by atoms with Crippen molar-refractivity contribution in [2.45, 2.75) is 26.3 Å². The highest BCUT2D eigenvalue weighted by Gasteiger charge is 2.28. The van der Waals surface area contributed by atoms with Gasteiger partial charge in [0.1, 0.15) is 17.0 Å². The highest BCUT2D eigenvalue weighted by Crippen LogP contribution is 2.37. The molecule has 4 heterocycles. The molecule has 0 spiro atoms. The van der Waals surface area contributed by atoms with E-state index in [0.717, 1.165) is 31.7 Å². The van der Waals surface area contributed by atoms with Gasteiger partial charge in [0.25, 0.3) is 0 Å². The third-order valence-electron chi connectivity index (χ3n) is 4.12. The highest BCUT2D eigenvalue weighted by molar-refractivity contribution is 7.91. The molecule has 8 heteroatoms. The number of rotatable bonds is 2. The summed E-state index contributed by atoms with van der Waals surface area (Å²) < 4.78 is 24.2. The second kappa shape index (κ2) is 5.10. The van der Waals surface area contributed by atoms with E-state index >= 15 is 0 Å². The lowest BCUT2D eigenvalue weighted by Gasteiger charge is -2.11. The van der Waals surface area contributed by atoms with Gasteiger partial charge in [-0.05, 0) is 31.9 Å². The predicted octanol–water partition coefficient (Wildman–Crippen LogP) is 2.46.